The summed E-state index contributed by atoms with van der Waals surface area (Å²) in [5.74, 6) is 0.00227. The molecule has 0 radical (unpaired) electrons. The number of benzene rings is 1. The fourth-order valence-corrected chi connectivity index (χ4v) is 2.98. The second kappa shape index (κ2) is 4.89. The van der Waals surface area contributed by atoms with E-state index in [-0.39, 0.29) is 28.3 Å². The first-order chi connectivity index (χ1) is 7.82. The summed E-state index contributed by atoms with van der Waals surface area (Å²) in [6, 6.07) is 2.41. The van der Waals surface area contributed by atoms with Crippen molar-refractivity contribution in [3.8, 4) is 5.75 Å². The molecule has 0 fully saturated rings. The van der Waals surface area contributed by atoms with Gasteiger partial charge in [0.15, 0.2) is 0 Å². The monoisotopic (exact) mass is 279 g/mol. The Balaban J connectivity index is 3.73. The van der Waals surface area contributed by atoms with Gasteiger partial charge < -0.3 is 4.74 Å². The molecule has 0 amide bonds. The molecule has 1 aromatic carbocycles. The Hall–Kier alpha value is -1.34. The lowest BCUT2D eigenvalue weighted by Gasteiger charge is -2.10. The molecule has 0 atom stereocenters. The van der Waals surface area contributed by atoms with Crippen LogP contribution in [0.25, 0.3) is 0 Å². The normalized spacial score (nSPS) is 11.2. The predicted molar refractivity (Wildman–Crippen MR) is 62.1 cm³/mol. The first-order valence-corrected chi connectivity index (χ1v) is 6.92. The number of nitrogens with zero attached hydrogens (tertiary/aromatic N) is 1. The van der Waals surface area contributed by atoms with Crippen LogP contribution in [0.4, 0.5) is 5.69 Å². The van der Waals surface area contributed by atoms with E-state index in [1.165, 1.54) is 19.2 Å². The number of rotatable bonds is 4. The zero-order valence-corrected chi connectivity index (χ0v) is 10.7. The van der Waals surface area contributed by atoms with Crippen LogP contribution in [0.1, 0.15) is 12.5 Å². The van der Waals surface area contributed by atoms with Gasteiger partial charge in [0.2, 0.25) is 0 Å². The molecule has 0 heterocycles. The second-order valence-corrected chi connectivity index (χ2v) is 5.65. The molecule has 0 aliphatic rings. The van der Waals surface area contributed by atoms with Crippen molar-refractivity contribution in [2.24, 2.45) is 0 Å². The Bertz CT molecular complexity index is 555. The maximum absolute atomic E-state index is 11.4. The maximum atomic E-state index is 11.4. The average molecular weight is 280 g/mol. The number of hydrogen-bond donors (Lipinski definition) is 0. The van der Waals surface area contributed by atoms with E-state index in [1.807, 2.05) is 0 Å². The summed E-state index contributed by atoms with van der Waals surface area (Å²) in [4.78, 5) is 9.80. The Kier molecular flexibility index (Phi) is 3.94. The molecule has 0 saturated carbocycles. The average Bonchev–Trinajstić information content (AvgIpc) is 2.25. The number of methoxy groups -OCH3 is 1. The van der Waals surface area contributed by atoms with Gasteiger partial charge >= 0.3 is 0 Å². The van der Waals surface area contributed by atoms with Crippen molar-refractivity contribution in [1.82, 2.24) is 0 Å². The highest BCUT2D eigenvalue weighted by molar-refractivity contribution is 8.13. The van der Waals surface area contributed by atoms with Crippen molar-refractivity contribution in [1.29, 1.82) is 0 Å². The summed E-state index contributed by atoms with van der Waals surface area (Å²) in [7, 11) is 2.44. The smallest absolute Gasteiger partial charge is 0.274 e. The van der Waals surface area contributed by atoms with Crippen LogP contribution in [0, 0.1) is 10.1 Å². The molecule has 94 valence electrons. The molecule has 0 aromatic heterocycles. The van der Waals surface area contributed by atoms with Crippen LogP contribution >= 0.6 is 10.7 Å². The molecule has 0 aliphatic heterocycles. The van der Waals surface area contributed by atoms with Gasteiger partial charge in [0.25, 0.3) is 14.7 Å². The lowest BCUT2D eigenvalue weighted by atomic mass is 10.1. The first-order valence-electron chi connectivity index (χ1n) is 4.61. The number of hydrogen-bond acceptors (Lipinski definition) is 5. The van der Waals surface area contributed by atoms with E-state index < -0.39 is 14.0 Å². The lowest BCUT2D eigenvalue weighted by molar-refractivity contribution is -0.385. The van der Waals surface area contributed by atoms with Crippen LogP contribution in [0.2, 0.25) is 0 Å². The van der Waals surface area contributed by atoms with E-state index in [0.717, 1.165) is 0 Å². The number of halogens is 1. The summed E-state index contributed by atoms with van der Waals surface area (Å²) in [6.45, 7) is 1.60. The SMILES string of the molecule is CCc1c([N+](=O)[O-])ccc(OC)c1S(=O)(=O)Cl. The first kappa shape index (κ1) is 13.7. The molecular formula is C9H10ClNO5S. The second-order valence-electron chi connectivity index (χ2n) is 3.14. The van der Waals surface area contributed by atoms with Crippen molar-refractivity contribution in [2.45, 2.75) is 18.2 Å². The van der Waals surface area contributed by atoms with Crippen LogP contribution in [-0.4, -0.2) is 20.5 Å². The topological polar surface area (TPSA) is 86.5 Å². The van der Waals surface area contributed by atoms with Crippen LogP contribution in [0.3, 0.4) is 0 Å². The quantitative estimate of drug-likeness (QED) is 0.478. The van der Waals surface area contributed by atoms with Crippen LogP contribution < -0.4 is 4.74 Å². The van der Waals surface area contributed by atoms with Gasteiger partial charge in [-0.3, -0.25) is 10.1 Å². The van der Waals surface area contributed by atoms with Crippen molar-refractivity contribution in [2.75, 3.05) is 7.11 Å². The Morgan fingerprint density at radius 2 is 2.06 bits per heavy atom. The predicted octanol–water partition coefficient (Wildman–Crippen LogP) is 2.09. The third kappa shape index (κ3) is 2.67. The van der Waals surface area contributed by atoms with E-state index in [4.69, 9.17) is 15.4 Å². The summed E-state index contributed by atoms with van der Waals surface area (Å²) in [5, 5.41) is 10.8. The third-order valence-electron chi connectivity index (χ3n) is 2.21. The van der Waals surface area contributed by atoms with Crippen LogP contribution in [-0.2, 0) is 15.5 Å². The van der Waals surface area contributed by atoms with E-state index in [9.17, 15) is 18.5 Å². The number of nitro benzene ring substituents is 1. The summed E-state index contributed by atoms with van der Waals surface area (Å²) < 4.78 is 27.7. The van der Waals surface area contributed by atoms with Crippen molar-refractivity contribution < 1.29 is 18.1 Å². The highest BCUT2D eigenvalue weighted by Crippen LogP contribution is 2.36. The molecule has 17 heavy (non-hydrogen) atoms. The van der Waals surface area contributed by atoms with Crippen LogP contribution in [0.5, 0.6) is 5.75 Å². The van der Waals surface area contributed by atoms with Gasteiger partial charge in [-0.05, 0) is 12.5 Å². The zero-order valence-electron chi connectivity index (χ0n) is 9.14. The molecule has 1 aromatic rings. The molecular weight excluding hydrogens is 270 g/mol. The molecule has 8 heteroatoms. The molecule has 0 N–H and O–H groups in total. The van der Waals surface area contributed by atoms with Crippen LogP contribution in [0.15, 0.2) is 17.0 Å². The van der Waals surface area contributed by atoms with Gasteiger partial charge in [0.1, 0.15) is 10.6 Å². The van der Waals surface area contributed by atoms with Crippen molar-refractivity contribution in [3.05, 3.63) is 27.8 Å². The molecule has 0 aliphatic carbocycles. The standard InChI is InChI=1S/C9H10ClNO5S/c1-3-6-7(11(12)13)4-5-8(16-2)9(6)17(10,14)15/h4-5H,3H2,1-2H3. The molecule has 1 rings (SSSR count). The Labute approximate surface area is 103 Å². The van der Waals surface area contributed by atoms with E-state index in [2.05, 4.69) is 0 Å². The minimum Gasteiger partial charge on any atom is -0.495 e. The lowest BCUT2D eigenvalue weighted by Crippen LogP contribution is -2.05. The van der Waals surface area contributed by atoms with Gasteiger partial charge in [0, 0.05) is 16.7 Å². The Morgan fingerprint density at radius 1 is 1.47 bits per heavy atom. The fraction of sp³-hybridized carbons (Fsp3) is 0.333. The zero-order chi connectivity index (χ0) is 13.2. The van der Waals surface area contributed by atoms with Crippen molar-refractivity contribution in [3.63, 3.8) is 0 Å². The molecule has 0 bridgehead atoms. The largest absolute Gasteiger partial charge is 0.495 e. The minimum absolute atomic E-state index is 0.00227. The van der Waals surface area contributed by atoms with Gasteiger partial charge in [-0.25, -0.2) is 8.42 Å². The van der Waals surface area contributed by atoms with E-state index >= 15 is 0 Å². The summed E-state index contributed by atoms with van der Waals surface area (Å²) in [5.41, 5.74) is -0.239. The number of nitro groups is 1. The highest BCUT2D eigenvalue weighted by Gasteiger charge is 2.27. The maximum Gasteiger partial charge on any atom is 0.274 e. The Morgan fingerprint density at radius 3 is 2.41 bits per heavy atom. The fourth-order valence-electron chi connectivity index (χ4n) is 1.54. The third-order valence-corrected chi connectivity index (χ3v) is 3.61. The molecule has 6 nitrogen and oxygen atoms in total. The van der Waals surface area contributed by atoms with Gasteiger partial charge in [0.05, 0.1) is 17.6 Å². The van der Waals surface area contributed by atoms with E-state index in [0.29, 0.717) is 0 Å². The van der Waals surface area contributed by atoms with Gasteiger partial charge in [-0.1, -0.05) is 6.92 Å². The van der Waals surface area contributed by atoms with Gasteiger partial charge in [-0.2, -0.15) is 0 Å². The van der Waals surface area contributed by atoms with E-state index in [1.54, 1.807) is 6.92 Å². The number of ether oxygens (including phenoxy) is 1. The molecule has 0 saturated heterocycles. The minimum atomic E-state index is -4.10. The molecule has 0 unspecified atom stereocenters. The summed E-state index contributed by atoms with van der Waals surface area (Å²) in [6.07, 6.45) is 0.162. The van der Waals surface area contributed by atoms with Gasteiger partial charge in [-0.15, -0.1) is 0 Å². The van der Waals surface area contributed by atoms with Crippen molar-refractivity contribution >= 4 is 25.4 Å². The summed E-state index contributed by atoms with van der Waals surface area (Å²) >= 11 is 0. The molecule has 0 spiro atoms. The highest BCUT2D eigenvalue weighted by atomic mass is 35.7.